The van der Waals surface area contributed by atoms with Crippen molar-refractivity contribution in [3.8, 4) is 11.4 Å². The summed E-state index contributed by atoms with van der Waals surface area (Å²) in [5.41, 5.74) is 3.80. The number of aryl methyl sites for hydroxylation is 1. The number of ether oxygens (including phenoxy) is 1. The Balaban J connectivity index is 1.58. The van der Waals surface area contributed by atoms with Crippen LogP contribution in [0.4, 0.5) is 0 Å². The molecule has 0 aliphatic heterocycles. The van der Waals surface area contributed by atoms with E-state index in [4.69, 9.17) is 9.15 Å². The molecule has 0 spiro atoms. The molecule has 0 atom stereocenters. The van der Waals surface area contributed by atoms with Gasteiger partial charge in [-0.1, -0.05) is 47.7 Å². The summed E-state index contributed by atoms with van der Waals surface area (Å²) in [4.78, 5) is 11.6. The fraction of sp³-hybridized carbons (Fsp3) is 0.174. The molecular weight excluding hydrogens is 398 g/mol. The van der Waals surface area contributed by atoms with Crippen LogP contribution in [0.2, 0.25) is 0 Å². The second-order valence-electron chi connectivity index (χ2n) is 6.82. The maximum Gasteiger partial charge on any atom is 0.337 e. The van der Waals surface area contributed by atoms with Gasteiger partial charge >= 0.3 is 5.97 Å². The molecule has 2 aromatic carbocycles. The lowest BCUT2D eigenvalue weighted by molar-refractivity contribution is 0.0600. The predicted molar refractivity (Wildman–Crippen MR) is 115 cm³/mol. The van der Waals surface area contributed by atoms with Crippen molar-refractivity contribution in [3.63, 3.8) is 0 Å². The van der Waals surface area contributed by atoms with Crippen LogP contribution in [0.5, 0.6) is 0 Å². The summed E-state index contributed by atoms with van der Waals surface area (Å²) < 4.78 is 12.4. The van der Waals surface area contributed by atoms with Gasteiger partial charge in [0.05, 0.1) is 25.5 Å². The van der Waals surface area contributed by atoms with Crippen molar-refractivity contribution in [2.75, 3.05) is 7.11 Å². The van der Waals surface area contributed by atoms with E-state index in [-0.39, 0.29) is 5.97 Å². The summed E-state index contributed by atoms with van der Waals surface area (Å²) in [5.74, 6) is 2.01. The molecule has 0 aliphatic rings. The molecule has 0 N–H and O–H groups in total. The lowest BCUT2D eigenvalue weighted by Gasteiger charge is -2.09. The van der Waals surface area contributed by atoms with Crippen molar-refractivity contribution < 1.29 is 13.9 Å². The number of carbonyl (C=O) groups is 1. The number of nitrogens with zero attached hydrogens (tertiary/aromatic N) is 3. The van der Waals surface area contributed by atoms with Crippen LogP contribution in [-0.4, -0.2) is 27.8 Å². The van der Waals surface area contributed by atoms with Crippen LogP contribution in [0, 0.1) is 6.92 Å². The molecule has 4 aromatic rings. The van der Waals surface area contributed by atoms with Gasteiger partial charge in [-0.25, -0.2) is 4.79 Å². The predicted octanol–water partition coefficient (Wildman–Crippen LogP) is 4.97. The first-order valence-corrected chi connectivity index (χ1v) is 10.5. The van der Waals surface area contributed by atoms with E-state index < -0.39 is 0 Å². The molecule has 2 heterocycles. The Bertz CT molecular complexity index is 1130. The van der Waals surface area contributed by atoms with Gasteiger partial charge in [-0.2, -0.15) is 0 Å². The fourth-order valence-corrected chi connectivity index (χ4v) is 3.99. The largest absolute Gasteiger partial charge is 0.467 e. The van der Waals surface area contributed by atoms with E-state index in [2.05, 4.69) is 33.8 Å². The number of carbonyl (C=O) groups excluding carboxylic acids is 1. The summed E-state index contributed by atoms with van der Waals surface area (Å²) in [6.45, 7) is 2.61. The van der Waals surface area contributed by atoms with Gasteiger partial charge in [-0.05, 0) is 42.8 Å². The van der Waals surface area contributed by atoms with Crippen molar-refractivity contribution in [2.24, 2.45) is 0 Å². The third kappa shape index (κ3) is 4.46. The molecule has 30 heavy (non-hydrogen) atoms. The number of benzene rings is 2. The third-order valence-electron chi connectivity index (χ3n) is 4.63. The van der Waals surface area contributed by atoms with Crippen LogP contribution in [0.1, 0.15) is 27.2 Å². The van der Waals surface area contributed by atoms with Gasteiger partial charge in [0.15, 0.2) is 11.0 Å². The van der Waals surface area contributed by atoms with Crippen molar-refractivity contribution in [1.82, 2.24) is 14.8 Å². The number of esters is 1. The molecule has 0 radical (unpaired) electrons. The van der Waals surface area contributed by atoms with Gasteiger partial charge in [0.2, 0.25) is 0 Å². The molecule has 0 saturated heterocycles. The number of hydrogen-bond acceptors (Lipinski definition) is 6. The van der Waals surface area contributed by atoms with E-state index in [1.807, 2.05) is 36.4 Å². The fourth-order valence-electron chi connectivity index (χ4n) is 3.10. The summed E-state index contributed by atoms with van der Waals surface area (Å²) >= 11 is 1.59. The van der Waals surface area contributed by atoms with Crippen molar-refractivity contribution >= 4 is 17.7 Å². The monoisotopic (exact) mass is 419 g/mol. The molecule has 0 bridgehead atoms. The normalized spacial score (nSPS) is 10.9. The summed E-state index contributed by atoms with van der Waals surface area (Å²) in [7, 11) is 1.38. The Morgan fingerprint density at radius 3 is 2.63 bits per heavy atom. The highest BCUT2D eigenvalue weighted by atomic mass is 32.2. The first-order valence-electron chi connectivity index (χ1n) is 9.46. The van der Waals surface area contributed by atoms with E-state index in [1.54, 1.807) is 30.2 Å². The number of aromatic nitrogens is 3. The number of furan rings is 1. The van der Waals surface area contributed by atoms with Crippen LogP contribution in [0.25, 0.3) is 11.4 Å². The minimum Gasteiger partial charge on any atom is -0.467 e. The SMILES string of the molecule is COC(=O)c1ccc(CSc2nnc(-c3cccc(C)c3)n2Cc2ccco2)cc1. The van der Waals surface area contributed by atoms with Crippen LogP contribution < -0.4 is 0 Å². The topological polar surface area (TPSA) is 70.2 Å². The molecular formula is C23H21N3O3S. The Morgan fingerprint density at radius 2 is 1.93 bits per heavy atom. The molecule has 0 saturated carbocycles. The van der Waals surface area contributed by atoms with E-state index in [0.29, 0.717) is 17.9 Å². The highest BCUT2D eigenvalue weighted by molar-refractivity contribution is 7.98. The molecule has 2 aromatic heterocycles. The summed E-state index contributed by atoms with van der Waals surface area (Å²) in [6, 6.07) is 19.4. The Labute approximate surface area is 178 Å². The van der Waals surface area contributed by atoms with Crippen molar-refractivity contribution in [3.05, 3.63) is 89.4 Å². The minimum absolute atomic E-state index is 0.338. The van der Waals surface area contributed by atoms with Crippen LogP contribution >= 0.6 is 11.8 Å². The number of thioether (sulfide) groups is 1. The average molecular weight is 420 g/mol. The zero-order chi connectivity index (χ0) is 20.9. The van der Waals surface area contributed by atoms with E-state index >= 15 is 0 Å². The van der Waals surface area contributed by atoms with Crippen molar-refractivity contribution in [2.45, 2.75) is 24.4 Å². The third-order valence-corrected chi connectivity index (χ3v) is 5.67. The molecule has 152 valence electrons. The summed E-state index contributed by atoms with van der Waals surface area (Å²) in [5, 5.41) is 9.70. The maximum atomic E-state index is 11.6. The van der Waals surface area contributed by atoms with E-state index in [1.165, 1.54) is 12.7 Å². The van der Waals surface area contributed by atoms with Crippen LogP contribution in [0.3, 0.4) is 0 Å². The first kappa shape index (κ1) is 20.0. The first-order chi connectivity index (χ1) is 14.6. The second kappa shape index (κ2) is 9.00. The molecule has 4 rings (SSSR count). The Kier molecular flexibility index (Phi) is 5.99. The molecule has 0 unspecified atom stereocenters. The zero-order valence-corrected chi connectivity index (χ0v) is 17.6. The molecule has 0 aliphatic carbocycles. The number of hydrogen-bond donors (Lipinski definition) is 0. The molecule has 0 fully saturated rings. The molecule has 0 amide bonds. The van der Waals surface area contributed by atoms with Crippen LogP contribution in [-0.2, 0) is 17.0 Å². The highest BCUT2D eigenvalue weighted by Crippen LogP contribution is 2.28. The minimum atomic E-state index is -0.338. The average Bonchev–Trinajstić information content (AvgIpc) is 3.42. The van der Waals surface area contributed by atoms with E-state index in [0.717, 1.165) is 27.9 Å². The zero-order valence-electron chi connectivity index (χ0n) is 16.7. The standard InChI is InChI=1S/C23H21N3O3S/c1-16-5-3-6-19(13-16)21-24-25-23(26(21)14-20-7-4-12-29-20)30-15-17-8-10-18(11-9-17)22(27)28-2/h3-13H,14-15H2,1-2H3. The van der Waals surface area contributed by atoms with Crippen LogP contribution in [0.15, 0.2) is 76.5 Å². The van der Waals surface area contributed by atoms with E-state index in [9.17, 15) is 4.79 Å². The second-order valence-corrected chi connectivity index (χ2v) is 7.76. The Hall–Kier alpha value is -3.32. The molecule has 6 nitrogen and oxygen atoms in total. The number of rotatable bonds is 7. The quantitative estimate of drug-likeness (QED) is 0.311. The van der Waals surface area contributed by atoms with Crippen molar-refractivity contribution in [1.29, 1.82) is 0 Å². The van der Waals surface area contributed by atoms with Gasteiger partial charge in [0, 0.05) is 11.3 Å². The highest BCUT2D eigenvalue weighted by Gasteiger charge is 2.16. The van der Waals surface area contributed by atoms with Gasteiger partial charge in [-0.3, -0.25) is 4.57 Å². The maximum absolute atomic E-state index is 11.6. The Morgan fingerprint density at radius 1 is 1.10 bits per heavy atom. The van der Waals surface area contributed by atoms with Gasteiger partial charge in [0.1, 0.15) is 5.76 Å². The summed E-state index contributed by atoms with van der Waals surface area (Å²) in [6.07, 6.45) is 1.67. The van der Waals surface area contributed by atoms with Gasteiger partial charge < -0.3 is 9.15 Å². The lowest BCUT2D eigenvalue weighted by Crippen LogP contribution is -2.04. The van der Waals surface area contributed by atoms with Gasteiger partial charge in [0.25, 0.3) is 0 Å². The number of methoxy groups -OCH3 is 1. The van der Waals surface area contributed by atoms with Gasteiger partial charge in [-0.15, -0.1) is 10.2 Å². The smallest absolute Gasteiger partial charge is 0.337 e. The molecule has 7 heteroatoms. The lowest BCUT2D eigenvalue weighted by atomic mass is 10.1.